The van der Waals surface area contributed by atoms with E-state index in [1.807, 2.05) is 25.1 Å². The lowest BCUT2D eigenvalue weighted by Crippen LogP contribution is -2.08. The van der Waals surface area contributed by atoms with Gasteiger partial charge in [-0.3, -0.25) is 9.59 Å². The van der Waals surface area contributed by atoms with Gasteiger partial charge in [0.2, 0.25) is 0 Å². The van der Waals surface area contributed by atoms with Gasteiger partial charge < -0.3 is 0 Å². The Morgan fingerprint density at radius 1 is 1.00 bits per heavy atom. The Kier molecular flexibility index (Phi) is 5.76. The SMILES string of the molecule is CCCC(=O)CC(=O)c1ccc(CC)c(CC)c1. The number of benzene rings is 1. The summed E-state index contributed by atoms with van der Waals surface area (Å²) in [7, 11) is 0. The van der Waals surface area contributed by atoms with Gasteiger partial charge in [0, 0.05) is 12.0 Å². The molecule has 1 aromatic rings. The van der Waals surface area contributed by atoms with Gasteiger partial charge >= 0.3 is 0 Å². The molecule has 2 nitrogen and oxygen atoms in total. The second-order valence-electron chi connectivity index (χ2n) is 4.58. The summed E-state index contributed by atoms with van der Waals surface area (Å²) in [5.74, 6) is -0.00841. The van der Waals surface area contributed by atoms with E-state index in [0.717, 1.165) is 19.3 Å². The first-order chi connectivity index (χ1) is 8.62. The first-order valence-corrected chi connectivity index (χ1v) is 6.79. The Morgan fingerprint density at radius 3 is 2.22 bits per heavy atom. The Balaban J connectivity index is 2.83. The van der Waals surface area contributed by atoms with Crippen LogP contribution in [-0.4, -0.2) is 11.6 Å². The molecule has 2 heteroatoms. The van der Waals surface area contributed by atoms with E-state index in [9.17, 15) is 9.59 Å². The van der Waals surface area contributed by atoms with Crippen molar-refractivity contribution in [2.24, 2.45) is 0 Å². The average Bonchev–Trinajstić information content (AvgIpc) is 2.38. The highest BCUT2D eigenvalue weighted by molar-refractivity contribution is 6.08. The predicted molar refractivity (Wildman–Crippen MR) is 74.1 cm³/mol. The van der Waals surface area contributed by atoms with Crippen LogP contribution < -0.4 is 0 Å². The highest BCUT2D eigenvalue weighted by Gasteiger charge is 2.12. The first-order valence-electron chi connectivity index (χ1n) is 6.79. The zero-order chi connectivity index (χ0) is 13.5. The van der Waals surface area contributed by atoms with E-state index in [-0.39, 0.29) is 18.0 Å². The number of Topliss-reactive ketones (excluding diaryl/α,β-unsaturated/α-hetero) is 2. The number of rotatable bonds is 7. The average molecular weight is 246 g/mol. The van der Waals surface area contributed by atoms with Crippen LogP contribution in [0.1, 0.15) is 61.5 Å². The summed E-state index contributed by atoms with van der Waals surface area (Å²) in [6.07, 6.45) is 3.25. The monoisotopic (exact) mass is 246 g/mol. The van der Waals surface area contributed by atoms with E-state index in [1.165, 1.54) is 11.1 Å². The molecule has 98 valence electrons. The molecule has 0 radical (unpaired) electrons. The summed E-state index contributed by atoms with van der Waals surface area (Å²) in [5.41, 5.74) is 3.17. The fraction of sp³-hybridized carbons (Fsp3) is 0.500. The second kappa shape index (κ2) is 7.10. The minimum absolute atomic E-state index is 0.0418. The lowest BCUT2D eigenvalue weighted by Gasteiger charge is -2.08. The van der Waals surface area contributed by atoms with Gasteiger partial charge in [-0.05, 0) is 36.5 Å². The van der Waals surface area contributed by atoms with Crippen molar-refractivity contribution in [1.82, 2.24) is 0 Å². The standard InChI is InChI=1S/C16H22O2/c1-4-7-15(17)11-16(18)14-9-8-12(5-2)13(6-3)10-14/h8-10H,4-7,11H2,1-3H3. The first kappa shape index (κ1) is 14.6. The molecule has 0 heterocycles. The fourth-order valence-electron chi connectivity index (χ4n) is 2.12. The number of aryl methyl sites for hydroxylation is 2. The van der Waals surface area contributed by atoms with Gasteiger partial charge in [-0.15, -0.1) is 0 Å². The number of carbonyl (C=O) groups is 2. The molecule has 0 aliphatic carbocycles. The molecule has 18 heavy (non-hydrogen) atoms. The molecule has 0 saturated heterocycles. The number of carbonyl (C=O) groups excluding carboxylic acids is 2. The number of ketones is 2. The Labute approximate surface area is 109 Å². The van der Waals surface area contributed by atoms with Crippen molar-refractivity contribution >= 4 is 11.6 Å². The maximum Gasteiger partial charge on any atom is 0.170 e. The van der Waals surface area contributed by atoms with E-state index in [1.54, 1.807) is 0 Å². The molecule has 1 aromatic carbocycles. The normalized spacial score (nSPS) is 10.4. The van der Waals surface area contributed by atoms with Crippen LogP contribution in [0.25, 0.3) is 0 Å². The van der Waals surface area contributed by atoms with Crippen LogP contribution in [0.5, 0.6) is 0 Å². The molecule has 0 fully saturated rings. The van der Waals surface area contributed by atoms with Gasteiger partial charge in [0.05, 0.1) is 6.42 Å². The molecule has 0 bridgehead atoms. The highest BCUT2D eigenvalue weighted by atomic mass is 16.1. The smallest absolute Gasteiger partial charge is 0.170 e. The molecule has 0 N–H and O–H groups in total. The van der Waals surface area contributed by atoms with Crippen molar-refractivity contribution in [3.05, 3.63) is 34.9 Å². The predicted octanol–water partition coefficient (Wildman–Crippen LogP) is 3.75. The summed E-state index contributed by atoms with van der Waals surface area (Å²) in [6, 6.07) is 5.80. The van der Waals surface area contributed by atoms with Gasteiger partial charge in [0.1, 0.15) is 5.78 Å². The van der Waals surface area contributed by atoms with Crippen LogP contribution >= 0.6 is 0 Å². The molecule has 0 saturated carbocycles. The van der Waals surface area contributed by atoms with Gasteiger partial charge in [-0.25, -0.2) is 0 Å². The van der Waals surface area contributed by atoms with Gasteiger partial charge in [0.25, 0.3) is 0 Å². The fourth-order valence-corrected chi connectivity index (χ4v) is 2.12. The lowest BCUT2D eigenvalue weighted by atomic mass is 9.96. The van der Waals surface area contributed by atoms with E-state index in [0.29, 0.717) is 12.0 Å². The van der Waals surface area contributed by atoms with Crippen LogP contribution in [-0.2, 0) is 17.6 Å². The lowest BCUT2D eigenvalue weighted by molar-refractivity contribution is -0.118. The third kappa shape index (κ3) is 3.80. The zero-order valence-electron chi connectivity index (χ0n) is 11.6. The maximum atomic E-state index is 12.0. The van der Waals surface area contributed by atoms with Crippen molar-refractivity contribution in [3.63, 3.8) is 0 Å². The molecule has 0 atom stereocenters. The van der Waals surface area contributed by atoms with E-state index < -0.39 is 0 Å². The van der Waals surface area contributed by atoms with Gasteiger partial charge in [-0.2, -0.15) is 0 Å². The minimum Gasteiger partial charge on any atom is -0.299 e. The van der Waals surface area contributed by atoms with Crippen LogP contribution in [0.4, 0.5) is 0 Å². The summed E-state index contributed by atoms with van der Waals surface area (Å²) >= 11 is 0. The quantitative estimate of drug-likeness (QED) is 0.542. The largest absolute Gasteiger partial charge is 0.299 e. The summed E-state index contributed by atoms with van der Waals surface area (Å²) in [5, 5.41) is 0. The number of hydrogen-bond acceptors (Lipinski definition) is 2. The molecular formula is C16H22O2. The summed E-state index contributed by atoms with van der Waals surface area (Å²) < 4.78 is 0. The van der Waals surface area contributed by atoms with Gasteiger partial charge in [0.15, 0.2) is 5.78 Å². The third-order valence-corrected chi connectivity index (χ3v) is 3.18. The molecule has 1 rings (SSSR count). The van der Waals surface area contributed by atoms with Crippen molar-refractivity contribution in [1.29, 1.82) is 0 Å². The van der Waals surface area contributed by atoms with Crippen LogP contribution in [0.15, 0.2) is 18.2 Å². The highest BCUT2D eigenvalue weighted by Crippen LogP contribution is 2.15. The molecule has 0 aliphatic rings. The van der Waals surface area contributed by atoms with Crippen LogP contribution in [0, 0.1) is 0 Å². The molecule has 0 aromatic heterocycles. The molecule has 0 spiro atoms. The second-order valence-corrected chi connectivity index (χ2v) is 4.58. The van der Waals surface area contributed by atoms with Crippen LogP contribution in [0.3, 0.4) is 0 Å². The van der Waals surface area contributed by atoms with Crippen molar-refractivity contribution in [3.8, 4) is 0 Å². The summed E-state index contributed by atoms with van der Waals surface area (Å²) in [6.45, 7) is 6.15. The van der Waals surface area contributed by atoms with Gasteiger partial charge in [-0.1, -0.05) is 32.9 Å². The topological polar surface area (TPSA) is 34.1 Å². The Hall–Kier alpha value is -1.44. The number of hydrogen-bond donors (Lipinski definition) is 0. The van der Waals surface area contributed by atoms with Crippen molar-refractivity contribution in [2.75, 3.05) is 0 Å². The minimum atomic E-state index is -0.0502. The van der Waals surface area contributed by atoms with Crippen molar-refractivity contribution < 1.29 is 9.59 Å². The maximum absolute atomic E-state index is 12.0. The third-order valence-electron chi connectivity index (χ3n) is 3.18. The van der Waals surface area contributed by atoms with E-state index in [2.05, 4.69) is 13.8 Å². The summed E-state index contributed by atoms with van der Waals surface area (Å²) in [4.78, 5) is 23.5. The molecule has 0 amide bonds. The van der Waals surface area contributed by atoms with E-state index in [4.69, 9.17) is 0 Å². The van der Waals surface area contributed by atoms with Crippen molar-refractivity contribution in [2.45, 2.75) is 52.9 Å². The molecule has 0 aliphatic heterocycles. The van der Waals surface area contributed by atoms with Crippen LogP contribution in [0.2, 0.25) is 0 Å². The molecule has 0 unspecified atom stereocenters. The molecular weight excluding hydrogens is 224 g/mol. The van der Waals surface area contributed by atoms with E-state index >= 15 is 0 Å². The Bertz CT molecular complexity index is 433. The Morgan fingerprint density at radius 2 is 1.67 bits per heavy atom. The zero-order valence-corrected chi connectivity index (χ0v) is 11.6.